The fourth-order valence-electron chi connectivity index (χ4n) is 7.02. The second-order valence-electron chi connectivity index (χ2n) is 11.6. The van der Waals surface area contributed by atoms with Gasteiger partial charge in [-0.15, -0.1) is 0 Å². The largest absolute Gasteiger partial charge is 0.504 e. The summed E-state index contributed by atoms with van der Waals surface area (Å²) in [7, 11) is 0. The van der Waals surface area contributed by atoms with Crippen LogP contribution >= 0.6 is 0 Å². The van der Waals surface area contributed by atoms with E-state index in [1.54, 1.807) is 6.07 Å². The SMILES string of the molecule is Oc1c(O)c(O)c(-c2ccc3ccc4c(-c5ccc6oc7c(-c8ccccc8)cccc7c6c5)ccc5ccc2c3c54)c(O)c1O. The van der Waals surface area contributed by atoms with Gasteiger partial charge in [0.2, 0.25) is 17.2 Å². The maximum atomic E-state index is 10.8. The van der Waals surface area contributed by atoms with Gasteiger partial charge in [-0.2, -0.15) is 0 Å². The van der Waals surface area contributed by atoms with E-state index < -0.39 is 28.7 Å². The smallest absolute Gasteiger partial charge is 0.208 e. The summed E-state index contributed by atoms with van der Waals surface area (Å²) in [4.78, 5) is 0. The van der Waals surface area contributed by atoms with Crippen molar-refractivity contribution >= 4 is 54.3 Å². The molecule has 6 heteroatoms. The highest BCUT2D eigenvalue weighted by molar-refractivity contribution is 6.28. The van der Waals surface area contributed by atoms with Crippen molar-refractivity contribution in [1.82, 2.24) is 0 Å². The Kier molecular flexibility index (Phi) is 5.27. The minimum atomic E-state index is -0.986. The molecule has 0 aliphatic heterocycles. The van der Waals surface area contributed by atoms with E-state index in [0.29, 0.717) is 10.9 Å². The van der Waals surface area contributed by atoms with Gasteiger partial charge in [-0.3, -0.25) is 0 Å². The first-order valence-electron chi connectivity index (χ1n) is 14.8. The number of hydrogen-bond donors (Lipinski definition) is 5. The fraction of sp³-hybridized carbons (Fsp3) is 0. The van der Waals surface area contributed by atoms with E-state index in [1.165, 1.54) is 0 Å². The van der Waals surface area contributed by atoms with Crippen molar-refractivity contribution in [2.45, 2.75) is 0 Å². The molecule has 0 aliphatic rings. The molecule has 8 aromatic carbocycles. The lowest BCUT2D eigenvalue weighted by atomic mass is 9.86. The van der Waals surface area contributed by atoms with Gasteiger partial charge in [0.05, 0.1) is 5.56 Å². The number of phenols is 5. The number of benzene rings is 8. The number of rotatable bonds is 3. The van der Waals surface area contributed by atoms with Crippen molar-refractivity contribution in [3.8, 4) is 62.1 Å². The molecule has 0 fully saturated rings. The average Bonchev–Trinajstić information content (AvgIpc) is 3.48. The Hall–Kier alpha value is -6.40. The Labute approximate surface area is 261 Å². The molecule has 0 saturated carbocycles. The molecule has 6 nitrogen and oxygen atoms in total. The van der Waals surface area contributed by atoms with Crippen molar-refractivity contribution in [2.24, 2.45) is 0 Å². The van der Waals surface area contributed by atoms with E-state index in [2.05, 4.69) is 60.7 Å². The molecule has 1 aromatic heterocycles. The summed E-state index contributed by atoms with van der Waals surface area (Å²) in [5, 5.41) is 59.7. The van der Waals surface area contributed by atoms with Crippen LogP contribution in [0.1, 0.15) is 0 Å². The third-order valence-electron chi connectivity index (χ3n) is 9.20. The second-order valence-corrected chi connectivity index (χ2v) is 11.6. The van der Waals surface area contributed by atoms with Crippen molar-refractivity contribution < 1.29 is 29.9 Å². The summed E-state index contributed by atoms with van der Waals surface area (Å²) >= 11 is 0. The topological polar surface area (TPSA) is 114 Å². The van der Waals surface area contributed by atoms with E-state index >= 15 is 0 Å². The number of phenolic OH excluding ortho intramolecular Hbond substituents is 5. The van der Waals surface area contributed by atoms with Crippen LogP contribution in [-0.4, -0.2) is 25.5 Å². The van der Waals surface area contributed by atoms with Crippen LogP contribution < -0.4 is 0 Å². The first-order valence-corrected chi connectivity index (χ1v) is 14.8. The Morgan fingerprint density at radius 2 is 1.00 bits per heavy atom. The highest BCUT2D eigenvalue weighted by atomic mass is 16.4. The van der Waals surface area contributed by atoms with Gasteiger partial charge in [-0.05, 0) is 66.7 Å². The summed E-state index contributed by atoms with van der Waals surface area (Å²) < 4.78 is 6.42. The van der Waals surface area contributed by atoms with Crippen LogP contribution in [0.25, 0.3) is 87.6 Å². The number of hydrogen-bond acceptors (Lipinski definition) is 6. The molecule has 9 rings (SSSR count). The Bertz CT molecular complexity index is 2660. The number of para-hydroxylation sites is 1. The van der Waals surface area contributed by atoms with Gasteiger partial charge in [0, 0.05) is 16.3 Å². The van der Waals surface area contributed by atoms with Gasteiger partial charge in [0.15, 0.2) is 11.5 Å². The fourth-order valence-corrected chi connectivity index (χ4v) is 7.02. The van der Waals surface area contributed by atoms with Crippen molar-refractivity contribution in [2.75, 3.05) is 0 Å². The maximum absolute atomic E-state index is 10.8. The van der Waals surface area contributed by atoms with Crippen LogP contribution in [0, 0.1) is 0 Å². The zero-order valence-electron chi connectivity index (χ0n) is 24.1. The molecule has 1 heterocycles. The minimum Gasteiger partial charge on any atom is -0.504 e. The van der Waals surface area contributed by atoms with Gasteiger partial charge in [-0.1, -0.05) is 103 Å². The number of furan rings is 1. The molecule has 0 unspecified atom stereocenters. The van der Waals surface area contributed by atoms with Crippen molar-refractivity contribution in [3.05, 3.63) is 115 Å². The summed E-state index contributed by atoms with van der Waals surface area (Å²) in [6, 6.07) is 38.5. The predicted molar refractivity (Wildman–Crippen MR) is 182 cm³/mol. The van der Waals surface area contributed by atoms with E-state index in [-0.39, 0.29) is 5.56 Å². The third-order valence-corrected chi connectivity index (χ3v) is 9.20. The zero-order chi connectivity index (χ0) is 31.3. The molecule has 0 radical (unpaired) electrons. The molecule has 0 spiro atoms. The van der Waals surface area contributed by atoms with Crippen molar-refractivity contribution in [1.29, 1.82) is 0 Å². The highest BCUT2D eigenvalue weighted by Crippen LogP contribution is 2.56. The molecule has 0 aliphatic carbocycles. The lowest BCUT2D eigenvalue weighted by Crippen LogP contribution is -1.90. The molecular formula is C40H24O6. The van der Waals surface area contributed by atoms with Crippen molar-refractivity contribution in [3.63, 3.8) is 0 Å². The lowest BCUT2D eigenvalue weighted by molar-refractivity contribution is 0.330. The van der Waals surface area contributed by atoms with Crippen LogP contribution in [-0.2, 0) is 0 Å². The van der Waals surface area contributed by atoms with E-state index in [9.17, 15) is 25.5 Å². The zero-order valence-corrected chi connectivity index (χ0v) is 24.1. The highest BCUT2D eigenvalue weighted by Gasteiger charge is 2.26. The first kappa shape index (κ1) is 26.0. The average molecular weight is 601 g/mol. The van der Waals surface area contributed by atoms with Gasteiger partial charge in [0.25, 0.3) is 0 Å². The van der Waals surface area contributed by atoms with Gasteiger partial charge in [-0.25, -0.2) is 0 Å². The van der Waals surface area contributed by atoms with Crippen LogP contribution in [0.5, 0.6) is 28.7 Å². The van der Waals surface area contributed by atoms with Crippen LogP contribution in [0.4, 0.5) is 0 Å². The molecule has 9 aromatic rings. The Morgan fingerprint density at radius 1 is 0.391 bits per heavy atom. The summed E-state index contributed by atoms with van der Waals surface area (Å²) in [5.74, 6) is -4.24. The summed E-state index contributed by atoms with van der Waals surface area (Å²) in [6.45, 7) is 0. The third kappa shape index (κ3) is 3.46. The Morgan fingerprint density at radius 3 is 1.70 bits per heavy atom. The van der Waals surface area contributed by atoms with Crippen LogP contribution in [0.2, 0.25) is 0 Å². The van der Waals surface area contributed by atoms with Gasteiger partial charge in [0.1, 0.15) is 11.2 Å². The van der Waals surface area contributed by atoms with Gasteiger partial charge < -0.3 is 29.9 Å². The van der Waals surface area contributed by atoms with E-state index in [1.807, 2.05) is 48.5 Å². The first-order chi connectivity index (χ1) is 22.4. The molecule has 0 amide bonds. The van der Waals surface area contributed by atoms with E-state index in [0.717, 1.165) is 71.1 Å². The summed E-state index contributed by atoms with van der Waals surface area (Å²) in [6.07, 6.45) is 0. The lowest BCUT2D eigenvalue weighted by Gasteiger charge is -2.18. The van der Waals surface area contributed by atoms with Crippen LogP contribution in [0.3, 0.4) is 0 Å². The number of aromatic hydroxyl groups is 5. The Balaban J connectivity index is 1.28. The van der Waals surface area contributed by atoms with Crippen LogP contribution in [0.15, 0.2) is 120 Å². The van der Waals surface area contributed by atoms with Gasteiger partial charge >= 0.3 is 0 Å². The molecular weight excluding hydrogens is 576 g/mol. The predicted octanol–water partition coefficient (Wildman–Crippen LogP) is 10.0. The standard InChI is InChI=1S/C40H24O6/c41-35-34(36(42)38(44)39(45)37(35)43)28-17-12-22-10-15-26-24(14-9-21-11-16-27(28)33(22)32(21)26)23-13-18-31-30(19-23)29-8-4-7-25(40(29)46-31)20-5-2-1-3-6-20/h1-19,41-45H. The molecule has 46 heavy (non-hydrogen) atoms. The quantitative estimate of drug-likeness (QED) is 0.0783. The number of fused-ring (bicyclic) bond motifs is 3. The second kappa shape index (κ2) is 9.30. The minimum absolute atomic E-state index is 0.168. The molecule has 0 bridgehead atoms. The monoisotopic (exact) mass is 600 g/mol. The molecule has 5 N–H and O–H groups in total. The normalized spacial score (nSPS) is 11.9. The molecule has 0 atom stereocenters. The maximum Gasteiger partial charge on any atom is 0.208 e. The summed E-state index contributed by atoms with van der Waals surface area (Å²) in [5.41, 5.74) is 6.09. The van der Waals surface area contributed by atoms with E-state index in [4.69, 9.17) is 4.42 Å². The molecule has 0 saturated heterocycles. The molecule has 220 valence electrons.